The molecule has 1 aromatic carbocycles. The van der Waals surface area contributed by atoms with Gasteiger partial charge in [-0.1, -0.05) is 0 Å². The van der Waals surface area contributed by atoms with Crippen molar-refractivity contribution in [2.75, 3.05) is 32.5 Å². The van der Waals surface area contributed by atoms with Crippen LogP contribution in [0.15, 0.2) is 40.9 Å². The molecule has 2 amide bonds. The van der Waals surface area contributed by atoms with Crippen LogP contribution in [0.25, 0.3) is 22.7 Å². The molecule has 3 rings (SSSR count). The number of likely N-dealkylation sites (N-methyl/N-ethyl adjacent to an activating group) is 1. The number of carbonyl (C=O) groups excluding carboxylic acids is 2. The number of aromatic nitrogens is 2. The Morgan fingerprint density at radius 3 is 2.88 bits per heavy atom. The summed E-state index contributed by atoms with van der Waals surface area (Å²) < 4.78 is 5.71. The van der Waals surface area contributed by atoms with E-state index in [0.29, 0.717) is 46.9 Å². The zero-order valence-electron chi connectivity index (χ0n) is 14.5. The predicted molar refractivity (Wildman–Crippen MR) is 97.8 cm³/mol. The van der Waals surface area contributed by atoms with Gasteiger partial charge >= 0.3 is 0 Å². The van der Waals surface area contributed by atoms with Crippen molar-refractivity contribution in [3.63, 3.8) is 0 Å². The minimum absolute atomic E-state index is 0.239. The molecule has 3 aromatic rings. The topological polar surface area (TPSA) is 100 Å². The summed E-state index contributed by atoms with van der Waals surface area (Å²) in [6, 6.07) is 8.48. The molecular formula is C18H19N5O3. The summed E-state index contributed by atoms with van der Waals surface area (Å²) in [6.45, 7) is 1.24. The van der Waals surface area contributed by atoms with Crippen LogP contribution < -0.4 is 10.6 Å². The summed E-state index contributed by atoms with van der Waals surface area (Å²) in [5.74, 6) is 0.0903. The van der Waals surface area contributed by atoms with Crippen molar-refractivity contribution in [3.05, 3.63) is 42.1 Å². The minimum atomic E-state index is -0.239. The first kappa shape index (κ1) is 17.6. The van der Waals surface area contributed by atoms with Crippen LogP contribution in [-0.2, 0) is 4.79 Å². The number of amides is 2. The monoisotopic (exact) mass is 353 g/mol. The smallest absolute Gasteiger partial charge is 0.251 e. The van der Waals surface area contributed by atoms with Crippen LogP contribution in [0.4, 0.5) is 5.69 Å². The average Bonchev–Trinajstić information content (AvgIpc) is 3.05. The number of anilines is 1. The molecule has 0 aliphatic carbocycles. The molecule has 0 unspecified atom stereocenters. The van der Waals surface area contributed by atoms with E-state index in [9.17, 15) is 9.59 Å². The van der Waals surface area contributed by atoms with Gasteiger partial charge in [-0.05, 0) is 44.4 Å². The maximum absolute atomic E-state index is 12.4. The van der Waals surface area contributed by atoms with Crippen LogP contribution in [0.2, 0.25) is 0 Å². The second kappa shape index (κ2) is 7.75. The van der Waals surface area contributed by atoms with Crippen LogP contribution in [-0.4, -0.2) is 54.4 Å². The quantitative estimate of drug-likeness (QED) is 0.628. The Kier molecular flexibility index (Phi) is 5.23. The highest BCUT2D eigenvalue weighted by Crippen LogP contribution is 2.27. The molecule has 0 saturated heterocycles. The van der Waals surface area contributed by atoms with E-state index in [-0.39, 0.29) is 5.91 Å². The third-order valence-electron chi connectivity index (χ3n) is 3.68. The Hall–Kier alpha value is -3.26. The van der Waals surface area contributed by atoms with Crippen molar-refractivity contribution in [1.29, 1.82) is 0 Å². The fraction of sp³-hybridized carbons (Fsp3) is 0.222. The highest BCUT2D eigenvalue weighted by atomic mass is 16.3. The van der Waals surface area contributed by atoms with Gasteiger partial charge in [0.25, 0.3) is 5.91 Å². The lowest BCUT2D eigenvalue weighted by atomic mass is 10.1. The van der Waals surface area contributed by atoms with E-state index >= 15 is 0 Å². The third-order valence-corrected chi connectivity index (χ3v) is 3.68. The molecule has 2 N–H and O–H groups in total. The molecule has 26 heavy (non-hydrogen) atoms. The second-order valence-electron chi connectivity index (χ2n) is 5.96. The Labute approximate surface area is 150 Å². The normalized spacial score (nSPS) is 10.9. The number of pyridine rings is 1. The lowest BCUT2D eigenvalue weighted by molar-refractivity contribution is -0.105. The molecule has 134 valence electrons. The van der Waals surface area contributed by atoms with Crippen LogP contribution in [0, 0.1) is 0 Å². The number of fused-ring (bicyclic) bond motifs is 1. The van der Waals surface area contributed by atoms with Crippen LogP contribution in [0.5, 0.6) is 0 Å². The summed E-state index contributed by atoms with van der Waals surface area (Å²) in [5, 5.41) is 5.41. The van der Waals surface area contributed by atoms with E-state index in [0.717, 1.165) is 6.54 Å². The Morgan fingerprint density at radius 2 is 2.15 bits per heavy atom. The number of nitrogens with zero attached hydrogens (tertiary/aromatic N) is 3. The fourth-order valence-corrected chi connectivity index (χ4v) is 2.42. The first-order chi connectivity index (χ1) is 12.6. The SMILES string of the molecule is CN(C)CCNC(=O)c1cc(NC=O)cc(-c2nc3ncccc3o2)c1. The zero-order chi connectivity index (χ0) is 18.5. The van der Waals surface area contributed by atoms with E-state index in [1.165, 1.54) is 0 Å². The Balaban J connectivity index is 1.93. The molecule has 2 heterocycles. The summed E-state index contributed by atoms with van der Waals surface area (Å²) >= 11 is 0. The fourth-order valence-electron chi connectivity index (χ4n) is 2.42. The maximum atomic E-state index is 12.4. The van der Waals surface area contributed by atoms with Crippen molar-refractivity contribution < 1.29 is 14.0 Å². The number of hydrogen-bond donors (Lipinski definition) is 2. The highest BCUT2D eigenvalue weighted by molar-refractivity contribution is 5.97. The number of hydrogen-bond acceptors (Lipinski definition) is 6. The van der Waals surface area contributed by atoms with Crippen molar-refractivity contribution in [1.82, 2.24) is 20.2 Å². The average molecular weight is 353 g/mol. The largest absolute Gasteiger partial charge is 0.434 e. The molecule has 0 atom stereocenters. The molecule has 2 aromatic heterocycles. The Morgan fingerprint density at radius 1 is 1.31 bits per heavy atom. The Bertz CT molecular complexity index is 902. The van der Waals surface area contributed by atoms with Gasteiger partial charge in [-0.3, -0.25) is 9.59 Å². The number of nitrogens with one attached hydrogen (secondary N) is 2. The van der Waals surface area contributed by atoms with E-state index in [4.69, 9.17) is 4.42 Å². The van der Waals surface area contributed by atoms with Crippen LogP contribution in [0.1, 0.15) is 10.4 Å². The van der Waals surface area contributed by atoms with Gasteiger partial charge in [-0.25, -0.2) is 4.98 Å². The molecule has 0 aliphatic heterocycles. The lowest BCUT2D eigenvalue weighted by Gasteiger charge is -2.11. The summed E-state index contributed by atoms with van der Waals surface area (Å²) in [7, 11) is 3.86. The first-order valence-electron chi connectivity index (χ1n) is 8.07. The molecule has 0 fully saturated rings. The molecule has 8 nitrogen and oxygen atoms in total. The van der Waals surface area contributed by atoms with Crippen molar-refractivity contribution >= 4 is 29.2 Å². The molecule has 0 bridgehead atoms. The third kappa shape index (κ3) is 4.04. The van der Waals surface area contributed by atoms with Crippen LogP contribution >= 0.6 is 0 Å². The first-order valence-corrected chi connectivity index (χ1v) is 8.07. The molecule has 8 heteroatoms. The zero-order valence-corrected chi connectivity index (χ0v) is 14.5. The van der Waals surface area contributed by atoms with Crippen molar-refractivity contribution in [2.45, 2.75) is 0 Å². The van der Waals surface area contributed by atoms with Crippen LogP contribution in [0.3, 0.4) is 0 Å². The molecule has 0 saturated carbocycles. The lowest BCUT2D eigenvalue weighted by Crippen LogP contribution is -2.31. The predicted octanol–water partition coefficient (Wildman–Crippen LogP) is 1.75. The molecule has 0 aliphatic rings. The van der Waals surface area contributed by atoms with Gasteiger partial charge in [0, 0.05) is 36.1 Å². The van der Waals surface area contributed by atoms with Crippen molar-refractivity contribution in [2.24, 2.45) is 0 Å². The van der Waals surface area contributed by atoms with E-state index in [1.807, 2.05) is 19.0 Å². The van der Waals surface area contributed by atoms with E-state index in [1.54, 1.807) is 36.5 Å². The van der Waals surface area contributed by atoms with Gasteiger partial charge in [0.05, 0.1) is 0 Å². The maximum Gasteiger partial charge on any atom is 0.251 e. The number of benzene rings is 1. The minimum Gasteiger partial charge on any atom is -0.434 e. The summed E-state index contributed by atoms with van der Waals surface area (Å²) in [6.07, 6.45) is 2.18. The molecular weight excluding hydrogens is 334 g/mol. The second-order valence-corrected chi connectivity index (χ2v) is 5.96. The highest BCUT2D eigenvalue weighted by Gasteiger charge is 2.14. The standard InChI is InChI=1S/C18H19N5O3/c1-23(2)7-6-20-17(25)12-8-13(10-14(9-12)21-11-24)18-22-16-15(26-18)4-3-5-19-16/h3-5,8-11H,6-7H2,1-2H3,(H,20,25)(H,21,24). The van der Waals surface area contributed by atoms with Gasteiger partial charge in [0.2, 0.25) is 12.3 Å². The number of rotatable bonds is 7. The number of carbonyl (C=O) groups is 2. The van der Waals surface area contributed by atoms with Gasteiger partial charge in [-0.2, -0.15) is 4.98 Å². The van der Waals surface area contributed by atoms with Gasteiger partial charge < -0.3 is 20.0 Å². The van der Waals surface area contributed by atoms with E-state index < -0.39 is 0 Å². The molecule has 0 spiro atoms. The van der Waals surface area contributed by atoms with E-state index in [2.05, 4.69) is 20.6 Å². The summed E-state index contributed by atoms with van der Waals surface area (Å²) in [5.41, 5.74) is 2.49. The van der Waals surface area contributed by atoms with Gasteiger partial charge in [-0.15, -0.1) is 0 Å². The van der Waals surface area contributed by atoms with Gasteiger partial charge in [0.15, 0.2) is 11.2 Å². The molecule has 0 radical (unpaired) electrons. The van der Waals surface area contributed by atoms with Gasteiger partial charge in [0.1, 0.15) is 0 Å². The summed E-state index contributed by atoms with van der Waals surface area (Å²) in [4.78, 5) is 33.7. The number of oxazole rings is 1. The van der Waals surface area contributed by atoms with Crippen molar-refractivity contribution in [3.8, 4) is 11.5 Å².